The van der Waals surface area contributed by atoms with Crippen LogP contribution in [-0.2, 0) is 4.79 Å². The lowest BCUT2D eigenvalue weighted by molar-refractivity contribution is -0.136. The van der Waals surface area contributed by atoms with Crippen LogP contribution in [-0.4, -0.2) is 35.3 Å². The monoisotopic (exact) mass is 273 g/mol. The van der Waals surface area contributed by atoms with Crippen LogP contribution in [0.3, 0.4) is 0 Å². The van der Waals surface area contributed by atoms with Crippen LogP contribution in [0, 0.1) is 18.3 Å². The number of nitrogens with zero attached hydrogens (tertiary/aromatic N) is 3. The Morgan fingerprint density at radius 3 is 2.63 bits per heavy atom. The number of alkyl halides is 3. The molecule has 0 aromatic carbocycles. The number of aromatic nitrogens is 1. The van der Waals surface area contributed by atoms with Crippen molar-refractivity contribution in [1.29, 1.82) is 5.26 Å². The fourth-order valence-electron chi connectivity index (χ4n) is 1.46. The lowest BCUT2D eigenvalue weighted by Crippen LogP contribution is -2.39. The molecule has 1 heterocycles. The molecule has 0 unspecified atom stereocenters. The van der Waals surface area contributed by atoms with Crippen LogP contribution in [0.2, 0.25) is 0 Å². The number of halogens is 3. The van der Waals surface area contributed by atoms with E-state index < -0.39 is 25.2 Å². The largest absolute Gasteiger partial charge is 0.480 e. The third kappa shape index (κ3) is 4.46. The molecule has 1 rings (SSSR count). The Balaban J connectivity index is 3.20. The van der Waals surface area contributed by atoms with Gasteiger partial charge in [-0.25, -0.2) is 4.98 Å². The predicted octanol–water partition coefficient (Wildman–Crippen LogP) is 1.72. The van der Waals surface area contributed by atoms with Crippen molar-refractivity contribution >= 4 is 11.8 Å². The van der Waals surface area contributed by atoms with Gasteiger partial charge in [0.2, 0.25) is 0 Å². The summed E-state index contributed by atoms with van der Waals surface area (Å²) in [5.74, 6) is -1.71. The van der Waals surface area contributed by atoms with E-state index in [1.54, 1.807) is 6.07 Å². The molecule has 0 aliphatic carbocycles. The third-order valence-electron chi connectivity index (χ3n) is 2.13. The molecule has 0 saturated heterocycles. The number of nitriles is 1. The summed E-state index contributed by atoms with van der Waals surface area (Å²) in [6, 6.07) is 4.47. The van der Waals surface area contributed by atoms with Gasteiger partial charge in [0.1, 0.15) is 25.0 Å². The summed E-state index contributed by atoms with van der Waals surface area (Å²) in [5.41, 5.74) is 0.294. The Kier molecular flexibility index (Phi) is 4.32. The minimum absolute atomic E-state index is 0.101. The Bertz CT molecular complexity index is 523. The summed E-state index contributed by atoms with van der Waals surface area (Å²) in [6.45, 7) is -0.827. The first-order chi connectivity index (χ1) is 8.73. The van der Waals surface area contributed by atoms with E-state index in [-0.39, 0.29) is 11.4 Å². The van der Waals surface area contributed by atoms with E-state index in [0.717, 1.165) is 0 Å². The van der Waals surface area contributed by atoms with Crippen molar-refractivity contribution in [2.75, 3.05) is 18.0 Å². The van der Waals surface area contributed by atoms with Crippen LogP contribution in [0.4, 0.5) is 19.0 Å². The van der Waals surface area contributed by atoms with Gasteiger partial charge in [0.05, 0.1) is 5.56 Å². The molecule has 5 nitrogen and oxygen atoms in total. The molecule has 102 valence electrons. The number of carboxylic acid groups (broad SMARTS) is 1. The SMILES string of the molecule is Cc1ccc(C#N)c(N(CC(=O)O)CC(F)(F)F)n1. The van der Waals surface area contributed by atoms with Gasteiger partial charge in [0.25, 0.3) is 0 Å². The second-order valence-corrected chi connectivity index (χ2v) is 3.80. The van der Waals surface area contributed by atoms with E-state index in [4.69, 9.17) is 10.4 Å². The fraction of sp³-hybridized carbons (Fsp3) is 0.364. The van der Waals surface area contributed by atoms with Crippen LogP contribution in [0.5, 0.6) is 0 Å². The molecule has 8 heteroatoms. The molecule has 0 radical (unpaired) electrons. The third-order valence-corrected chi connectivity index (χ3v) is 2.13. The molecule has 0 saturated carbocycles. The molecule has 0 fully saturated rings. The zero-order valence-electron chi connectivity index (χ0n) is 9.90. The number of aryl methyl sites for hydroxylation is 1. The summed E-state index contributed by atoms with van der Waals surface area (Å²) in [5, 5.41) is 17.5. The molecular formula is C11H10F3N3O2. The highest BCUT2D eigenvalue weighted by Gasteiger charge is 2.33. The Hall–Kier alpha value is -2.30. The average molecular weight is 273 g/mol. The van der Waals surface area contributed by atoms with Gasteiger partial charge >= 0.3 is 12.1 Å². The van der Waals surface area contributed by atoms with E-state index in [1.165, 1.54) is 19.1 Å². The smallest absolute Gasteiger partial charge is 0.405 e. The minimum atomic E-state index is -4.59. The highest BCUT2D eigenvalue weighted by atomic mass is 19.4. The van der Waals surface area contributed by atoms with Gasteiger partial charge in [-0.15, -0.1) is 0 Å². The number of hydrogen-bond donors (Lipinski definition) is 1. The quantitative estimate of drug-likeness (QED) is 0.903. The number of rotatable bonds is 4. The Morgan fingerprint density at radius 1 is 1.53 bits per heavy atom. The van der Waals surface area contributed by atoms with Crippen molar-refractivity contribution in [3.05, 3.63) is 23.4 Å². The van der Waals surface area contributed by atoms with Crippen LogP contribution < -0.4 is 4.90 Å². The molecule has 1 N–H and O–H groups in total. The molecule has 1 aromatic rings. The maximum atomic E-state index is 12.4. The number of hydrogen-bond acceptors (Lipinski definition) is 4. The first kappa shape index (κ1) is 14.8. The van der Waals surface area contributed by atoms with Crippen LogP contribution in [0.15, 0.2) is 12.1 Å². The lowest BCUT2D eigenvalue weighted by atomic mass is 10.2. The second kappa shape index (κ2) is 5.56. The van der Waals surface area contributed by atoms with Gasteiger partial charge in [-0.1, -0.05) is 0 Å². The van der Waals surface area contributed by atoms with Crippen molar-refractivity contribution in [2.24, 2.45) is 0 Å². The van der Waals surface area contributed by atoms with Crippen molar-refractivity contribution in [3.8, 4) is 6.07 Å². The minimum Gasteiger partial charge on any atom is -0.480 e. The summed E-state index contributed by atoms with van der Waals surface area (Å²) in [7, 11) is 0. The molecule has 0 spiro atoms. The zero-order chi connectivity index (χ0) is 14.6. The molecule has 19 heavy (non-hydrogen) atoms. The molecule has 1 aromatic heterocycles. The van der Waals surface area contributed by atoms with Crippen LogP contribution in [0.1, 0.15) is 11.3 Å². The maximum absolute atomic E-state index is 12.4. The predicted molar refractivity (Wildman–Crippen MR) is 59.6 cm³/mol. The molecule has 0 atom stereocenters. The number of carbonyl (C=O) groups is 1. The van der Waals surface area contributed by atoms with Gasteiger partial charge in [-0.3, -0.25) is 4.79 Å². The highest BCUT2D eigenvalue weighted by Crippen LogP contribution is 2.23. The van der Waals surface area contributed by atoms with E-state index in [0.29, 0.717) is 10.6 Å². The number of aliphatic carboxylic acids is 1. The average Bonchev–Trinajstić information content (AvgIpc) is 2.25. The second-order valence-electron chi connectivity index (χ2n) is 3.80. The first-order valence-corrected chi connectivity index (χ1v) is 5.14. The molecule has 0 amide bonds. The Labute approximate surface area is 106 Å². The normalized spacial score (nSPS) is 10.9. The first-order valence-electron chi connectivity index (χ1n) is 5.14. The van der Waals surface area contributed by atoms with E-state index >= 15 is 0 Å². The zero-order valence-corrected chi connectivity index (χ0v) is 9.90. The maximum Gasteiger partial charge on any atom is 0.405 e. The van der Waals surface area contributed by atoms with Crippen molar-refractivity contribution < 1.29 is 23.1 Å². The van der Waals surface area contributed by atoms with E-state index in [1.807, 2.05) is 0 Å². The van der Waals surface area contributed by atoms with Crippen molar-refractivity contribution in [2.45, 2.75) is 13.1 Å². The lowest BCUT2D eigenvalue weighted by Gasteiger charge is -2.24. The standard InChI is InChI=1S/C11H10F3N3O2/c1-7-2-3-8(4-15)10(16-7)17(5-9(18)19)6-11(12,13)14/h2-3H,5-6H2,1H3,(H,18,19). The number of anilines is 1. The topological polar surface area (TPSA) is 77.2 Å². The highest BCUT2D eigenvalue weighted by molar-refractivity contribution is 5.74. The summed E-state index contributed by atoms with van der Waals surface area (Å²) >= 11 is 0. The van der Waals surface area contributed by atoms with E-state index in [2.05, 4.69) is 4.98 Å². The van der Waals surface area contributed by atoms with Gasteiger partial charge in [0, 0.05) is 5.69 Å². The number of carboxylic acids is 1. The van der Waals surface area contributed by atoms with Crippen molar-refractivity contribution in [1.82, 2.24) is 4.98 Å². The van der Waals surface area contributed by atoms with E-state index in [9.17, 15) is 18.0 Å². The molecule has 0 bridgehead atoms. The Morgan fingerprint density at radius 2 is 2.16 bits per heavy atom. The van der Waals surface area contributed by atoms with Crippen molar-refractivity contribution in [3.63, 3.8) is 0 Å². The molecule has 0 aliphatic heterocycles. The summed E-state index contributed by atoms with van der Waals surface area (Å²) in [6.07, 6.45) is -4.59. The summed E-state index contributed by atoms with van der Waals surface area (Å²) < 4.78 is 37.3. The van der Waals surface area contributed by atoms with Crippen LogP contribution >= 0.6 is 0 Å². The fourth-order valence-corrected chi connectivity index (χ4v) is 1.46. The van der Waals surface area contributed by atoms with Gasteiger partial charge < -0.3 is 10.0 Å². The van der Waals surface area contributed by atoms with Gasteiger partial charge in [-0.2, -0.15) is 18.4 Å². The summed E-state index contributed by atoms with van der Waals surface area (Å²) in [4.78, 5) is 15.0. The van der Waals surface area contributed by atoms with Crippen LogP contribution in [0.25, 0.3) is 0 Å². The van der Waals surface area contributed by atoms with Gasteiger partial charge in [-0.05, 0) is 19.1 Å². The molecule has 0 aliphatic rings. The van der Waals surface area contributed by atoms with Gasteiger partial charge in [0.15, 0.2) is 0 Å². The number of pyridine rings is 1. The molecular weight excluding hydrogens is 263 g/mol.